The van der Waals surface area contributed by atoms with Crippen LogP contribution in [-0.2, 0) is 9.47 Å². The number of anilines is 2. The van der Waals surface area contributed by atoms with E-state index in [0.29, 0.717) is 43.8 Å². The highest BCUT2D eigenvalue weighted by molar-refractivity contribution is 6.29. The lowest BCUT2D eigenvalue weighted by Crippen LogP contribution is -2.50. The van der Waals surface area contributed by atoms with Gasteiger partial charge in [-0.1, -0.05) is 101 Å². The van der Waals surface area contributed by atoms with Gasteiger partial charge in [0.25, 0.3) is 0 Å². The van der Waals surface area contributed by atoms with Crippen LogP contribution >= 0.6 is 11.6 Å². The number of hydrogen-bond donors (Lipinski definition) is 1. The number of nitrogens with one attached hydrogen (secondary N) is 1. The maximum absolute atomic E-state index is 12.1. The number of amides is 2. The number of aromatic nitrogens is 4. The van der Waals surface area contributed by atoms with Crippen molar-refractivity contribution in [3.8, 4) is 17.0 Å². The molecule has 15 heteroatoms. The van der Waals surface area contributed by atoms with Gasteiger partial charge in [-0.15, -0.1) is 15.3 Å². The molecule has 0 aliphatic carbocycles. The summed E-state index contributed by atoms with van der Waals surface area (Å²) >= 11 is 5.44. The van der Waals surface area contributed by atoms with E-state index in [1.807, 2.05) is 66.7 Å². The third-order valence-corrected chi connectivity index (χ3v) is 10.2. The van der Waals surface area contributed by atoms with Crippen LogP contribution in [0.3, 0.4) is 0 Å². The van der Waals surface area contributed by atoms with Gasteiger partial charge in [-0.05, 0) is 97.2 Å². The highest BCUT2D eigenvalue weighted by Crippen LogP contribution is 2.31. The predicted octanol–water partition coefficient (Wildman–Crippen LogP) is 10.9. The number of rotatable bonds is 11. The van der Waals surface area contributed by atoms with Crippen LogP contribution in [0.5, 0.6) is 5.88 Å². The van der Waals surface area contributed by atoms with Gasteiger partial charge in [-0.25, -0.2) is 9.59 Å². The van der Waals surface area contributed by atoms with Gasteiger partial charge in [0.1, 0.15) is 11.2 Å². The Bertz CT molecular complexity index is 1940. The summed E-state index contributed by atoms with van der Waals surface area (Å²) in [6.07, 6.45) is 6.98. The Kier molecular flexibility index (Phi) is 25.4. The van der Waals surface area contributed by atoms with Crippen LogP contribution in [-0.4, -0.2) is 127 Å². The van der Waals surface area contributed by atoms with Gasteiger partial charge >= 0.3 is 12.2 Å². The molecule has 2 aromatic heterocycles. The molecule has 6 rings (SSSR count). The number of halogens is 1. The Morgan fingerprint density at radius 2 is 1.23 bits per heavy atom. The SMILES string of the molecule is C.CC(C)(C)OC(=O)N1CCNCC1.CCCCCCCCOc1ccc(N2CCN(C(=O)OC(C)(C)C)CC2)nn1.Cc1ccc(Cl)nn1.Cc1ccccc1-c1ccccc1N(C)C. The number of aryl methyl sites for hydroxylation is 2. The van der Waals surface area contributed by atoms with Gasteiger partial charge in [0.05, 0.1) is 12.3 Å². The van der Waals surface area contributed by atoms with Crippen LogP contribution in [0.25, 0.3) is 11.1 Å². The van der Waals surface area contributed by atoms with E-state index in [9.17, 15) is 9.59 Å². The Hall–Kier alpha value is -5.21. The van der Waals surface area contributed by atoms with Crippen molar-refractivity contribution in [3.05, 3.63) is 89.2 Å². The Morgan fingerprint density at radius 3 is 1.74 bits per heavy atom. The monoisotopic (exact) mass is 934 g/mol. The first-order valence-corrected chi connectivity index (χ1v) is 23.4. The summed E-state index contributed by atoms with van der Waals surface area (Å²) < 4.78 is 16.4. The topological polar surface area (TPSA) is 138 Å². The molecule has 0 atom stereocenters. The Morgan fingerprint density at radius 1 is 0.667 bits per heavy atom. The molecule has 0 unspecified atom stereocenters. The molecule has 4 heterocycles. The zero-order valence-electron chi connectivity index (χ0n) is 41.0. The molecular weight excluding hydrogens is 854 g/mol. The van der Waals surface area contributed by atoms with Crippen LogP contribution < -0.4 is 19.9 Å². The Balaban J connectivity index is 0.000000332. The molecule has 1 N–H and O–H groups in total. The van der Waals surface area contributed by atoms with Crippen LogP contribution in [0.15, 0.2) is 72.8 Å². The van der Waals surface area contributed by atoms with Gasteiger partial charge in [0.2, 0.25) is 5.88 Å². The number of benzene rings is 2. The molecule has 14 nitrogen and oxygen atoms in total. The molecule has 66 heavy (non-hydrogen) atoms. The van der Waals surface area contributed by atoms with Crippen molar-refractivity contribution in [2.75, 3.05) is 82.9 Å². The number of nitrogens with zero attached hydrogens (tertiary/aromatic N) is 8. The fraction of sp³-hybridized carbons (Fsp3) is 0.569. The van der Waals surface area contributed by atoms with Crippen LogP contribution in [0.1, 0.15) is 106 Å². The minimum atomic E-state index is -0.467. The first-order valence-electron chi connectivity index (χ1n) is 23.0. The van der Waals surface area contributed by atoms with Crippen LogP contribution in [0, 0.1) is 13.8 Å². The predicted molar refractivity (Wildman–Crippen MR) is 271 cm³/mol. The minimum Gasteiger partial charge on any atom is -0.477 e. The summed E-state index contributed by atoms with van der Waals surface area (Å²) in [6, 6.07) is 24.3. The van der Waals surface area contributed by atoms with Crippen molar-refractivity contribution < 1.29 is 23.8 Å². The molecule has 2 aliphatic heterocycles. The van der Waals surface area contributed by atoms with E-state index in [1.165, 1.54) is 54.5 Å². The molecule has 0 bridgehead atoms. The van der Waals surface area contributed by atoms with E-state index in [0.717, 1.165) is 44.1 Å². The molecule has 0 spiro atoms. The molecule has 4 aromatic rings. The summed E-state index contributed by atoms with van der Waals surface area (Å²) in [5.41, 5.74) is 5.22. The standard InChI is InChI=1S/C21H36N4O3.C15H17N.C9H18N2O2.C5H5ClN2.CH4/c1-5-6-7-8-9-10-17-27-19-12-11-18(22-23-19)24-13-15-25(16-14-24)20(26)28-21(2,3)4;1-12-8-4-5-9-13(12)14-10-6-7-11-15(14)16(2)3;1-9(2,3)13-8(12)11-6-4-10-5-7-11;1-4-2-3-5(6)8-7-4;/h11-12H,5-10,13-17H2,1-4H3;4-11H,1-3H3;10H,4-7H2,1-3H3;2-3H,1H3;1H4. The average molecular weight is 935 g/mol. The second kappa shape index (κ2) is 29.4. The van der Waals surface area contributed by atoms with E-state index in [1.54, 1.807) is 15.9 Å². The molecule has 0 radical (unpaired) electrons. The third kappa shape index (κ3) is 22.3. The number of ether oxygens (including phenoxy) is 3. The van der Waals surface area contributed by atoms with Gasteiger partial charge in [0, 0.05) is 83.8 Å². The zero-order chi connectivity index (χ0) is 47.8. The van der Waals surface area contributed by atoms with E-state index >= 15 is 0 Å². The molecule has 2 amide bonds. The molecule has 2 saturated heterocycles. The maximum atomic E-state index is 12.1. The van der Waals surface area contributed by atoms with E-state index < -0.39 is 5.60 Å². The molecule has 2 fully saturated rings. The van der Waals surface area contributed by atoms with Crippen molar-refractivity contribution in [2.45, 2.75) is 119 Å². The van der Waals surface area contributed by atoms with Crippen molar-refractivity contribution in [3.63, 3.8) is 0 Å². The largest absolute Gasteiger partial charge is 0.477 e. The molecule has 366 valence electrons. The number of hydrogen-bond acceptors (Lipinski definition) is 12. The normalized spacial score (nSPS) is 13.5. The first kappa shape index (κ1) is 56.9. The first-order chi connectivity index (χ1) is 30.9. The van der Waals surface area contributed by atoms with Gasteiger partial charge in [0.15, 0.2) is 11.0 Å². The summed E-state index contributed by atoms with van der Waals surface area (Å²) in [5.74, 6) is 1.39. The van der Waals surface area contributed by atoms with Gasteiger partial charge in [-0.2, -0.15) is 5.10 Å². The Labute approximate surface area is 401 Å². The molecular formula is C51H80ClN9O5. The molecule has 2 aliphatic rings. The van der Waals surface area contributed by atoms with Crippen molar-refractivity contribution in [1.29, 1.82) is 0 Å². The van der Waals surface area contributed by atoms with E-state index in [4.69, 9.17) is 25.8 Å². The number of para-hydroxylation sites is 1. The number of unbranched alkanes of at least 4 members (excludes halogenated alkanes) is 5. The summed E-state index contributed by atoms with van der Waals surface area (Å²) in [5, 5.41) is 19.4. The van der Waals surface area contributed by atoms with Gasteiger partial charge < -0.3 is 39.1 Å². The fourth-order valence-electron chi connectivity index (χ4n) is 6.59. The second-order valence-corrected chi connectivity index (χ2v) is 18.6. The minimum absolute atomic E-state index is 0. The summed E-state index contributed by atoms with van der Waals surface area (Å²) in [4.78, 5) is 31.4. The summed E-state index contributed by atoms with van der Waals surface area (Å²) in [7, 11) is 4.16. The number of piperazine rings is 2. The summed E-state index contributed by atoms with van der Waals surface area (Å²) in [6.45, 7) is 24.1. The number of carbonyl (C=O) groups is 2. The van der Waals surface area contributed by atoms with Crippen LogP contribution in [0.4, 0.5) is 21.1 Å². The second-order valence-electron chi connectivity index (χ2n) is 18.2. The van der Waals surface area contributed by atoms with Crippen molar-refractivity contribution in [2.24, 2.45) is 0 Å². The third-order valence-electron chi connectivity index (χ3n) is 9.98. The quantitative estimate of drug-likeness (QED) is 0.143. The smallest absolute Gasteiger partial charge is 0.410 e. The lowest BCUT2D eigenvalue weighted by molar-refractivity contribution is 0.0223. The zero-order valence-corrected chi connectivity index (χ0v) is 41.8. The maximum Gasteiger partial charge on any atom is 0.410 e. The lowest BCUT2D eigenvalue weighted by atomic mass is 9.99. The van der Waals surface area contributed by atoms with E-state index in [-0.39, 0.29) is 25.2 Å². The number of carbonyl (C=O) groups excluding carboxylic acids is 2. The van der Waals surface area contributed by atoms with Gasteiger partial charge in [-0.3, -0.25) is 0 Å². The fourth-order valence-corrected chi connectivity index (χ4v) is 6.69. The van der Waals surface area contributed by atoms with E-state index in [2.05, 4.69) is 112 Å². The molecule has 0 saturated carbocycles. The highest BCUT2D eigenvalue weighted by Gasteiger charge is 2.27. The average Bonchev–Trinajstić information content (AvgIpc) is 3.27. The molecule has 2 aromatic carbocycles. The highest BCUT2D eigenvalue weighted by atomic mass is 35.5. The lowest BCUT2D eigenvalue weighted by Gasteiger charge is -2.35. The van der Waals surface area contributed by atoms with Crippen LogP contribution in [0.2, 0.25) is 5.15 Å². The van der Waals surface area contributed by atoms with Crippen molar-refractivity contribution in [1.82, 2.24) is 35.5 Å². The van der Waals surface area contributed by atoms with Crippen molar-refractivity contribution >= 4 is 35.3 Å².